The van der Waals surface area contributed by atoms with E-state index in [9.17, 15) is 5.11 Å². The Labute approximate surface area is 120 Å². The molecule has 1 rings (SSSR count). The first-order valence-electron chi connectivity index (χ1n) is 7.55. The third kappa shape index (κ3) is 3.52. The molecule has 0 aliphatic heterocycles. The van der Waals surface area contributed by atoms with Gasteiger partial charge >= 0.3 is 0 Å². The van der Waals surface area contributed by atoms with Crippen LogP contribution in [0.2, 0.25) is 0 Å². The van der Waals surface area contributed by atoms with Crippen molar-refractivity contribution in [1.29, 1.82) is 0 Å². The lowest BCUT2D eigenvalue weighted by Crippen LogP contribution is -2.21. The van der Waals surface area contributed by atoms with Crippen LogP contribution in [-0.4, -0.2) is 5.11 Å². The summed E-state index contributed by atoms with van der Waals surface area (Å²) in [7, 11) is 0. The lowest BCUT2D eigenvalue weighted by atomic mass is 9.75. The fourth-order valence-corrected chi connectivity index (χ4v) is 2.10. The molecule has 108 valence electrons. The SMILES string of the molecule is [2H]c1c(C(C)(C)C)cc(C(C)(C)C)c(O)c1C(C)(C)C. The molecule has 1 aromatic rings. The van der Waals surface area contributed by atoms with Crippen LogP contribution in [0.15, 0.2) is 12.1 Å². The second-order valence-corrected chi connectivity index (χ2v) is 8.57. The minimum Gasteiger partial charge on any atom is -0.507 e. The predicted molar refractivity (Wildman–Crippen MR) is 84.2 cm³/mol. The van der Waals surface area contributed by atoms with Crippen LogP contribution in [0.3, 0.4) is 0 Å². The Morgan fingerprint density at radius 1 is 0.789 bits per heavy atom. The molecule has 0 aromatic heterocycles. The maximum absolute atomic E-state index is 10.7. The Kier molecular flexibility index (Phi) is 3.45. The minimum atomic E-state index is -0.248. The monoisotopic (exact) mass is 263 g/mol. The Balaban J connectivity index is 3.86. The van der Waals surface area contributed by atoms with Crippen LogP contribution in [0.1, 0.15) is 80.4 Å². The highest BCUT2D eigenvalue weighted by Gasteiger charge is 2.28. The maximum atomic E-state index is 10.7. The van der Waals surface area contributed by atoms with E-state index in [1.54, 1.807) is 0 Å². The van der Waals surface area contributed by atoms with Crippen molar-refractivity contribution in [3.8, 4) is 5.75 Å². The summed E-state index contributed by atoms with van der Waals surface area (Å²) in [6.45, 7) is 18.8. The molecule has 1 N–H and O–H groups in total. The highest BCUT2D eigenvalue weighted by molar-refractivity contribution is 5.51. The first kappa shape index (κ1) is 14.4. The topological polar surface area (TPSA) is 20.2 Å². The van der Waals surface area contributed by atoms with Crippen molar-refractivity contribution in [3.05, 3.63) is 28.8 Å². The molecule has 0 bridgehead atoms. The summed E-state index contributed by atoms with van der Waals surface area (Å²) in [4.78, 5) is 0. The Hall–Kier alpha value is -0.980. The zero-order chi connectivity index (χ0) is 16.1. The minimum absolute atomic E-state index is 0.106. The van der Waals surface area contributed by atoms with Gasteiger partial charge in [0.2, 0.25) is 0 Å². The summed E-state index contributed by atoms with van der Waals surface area (Å²) < 4.78 is 8.54. The van der Waals surface area contributed by atoms with Gasteiger partial charge in [0.1, 0.15) is 5.75 Å². The summed E-state index contributed by atoms with van der Waals surface area (Å²) >= 11 is 0. The molecule has 0 aliphatic carbocycles. The number of phenolic OH excluding ortho intramolecular Hbond substituents is 1. The average molecular weight is 263 g/mol. The van der Waals surface area contributed by atoms with E-state index in [0.717, 1.165) is 16.7 Å². The van der Waals surface area contributed by atoms with E-state index in [0.29, 0.717) is 11.8 Å². The van der Waals surface area contributed by atoms with Gasteiger partial charge in [0.05, 0.1) is 1.37 Å². The molecule has 0 spiro atoms. The highest BCUT2D eigenvalue weighted by Crippen LogP contribution is 2.41. The van der Waals surface area contributed by atoms with Crippen molar-refractivity contribution in [2.45, 2.75) is 78.6 Å². The van der Waals surface area contributed by atoms with Gasteiger partial charge in [-0.2, -0.15) is 0 Å². The molecule has 1 heteroatoms. The summed E-state index contributed by atoms with van der Waals surface area (Å²) in [6, 6.07) is 2.50. The number of hydrogen-bond donors (Lipinski definition) is 1. The summed E-state index contributed by atoms with van der Waals surface area (Å²) in [5.41, 5.74) is 2.20. The second kappa shape index (κ2) is 4.54. The fourth-order valence-electron chi connectivity index (χ4n) is 2.10. The van der Waals surface area contributed by atoms with Gasteiger partial charge in [-0.3, -0.25) is 0 Å². The number of phenols is 1. The average Bonchev–Trinajstić information content (AvgIpc) is 2.10. The van der Waals surface area contributed by atoms with Crippen molar-refractivity contribution >= 4 is 0 Å². The van der Waals surface area contributed by atoms with Gasteiger partial charge in [-0.25, -0.2) is 0 Å². The summed E-state index contributed by atoms with van der Waals surface area (Å²) in [5.74, 6) is 0.294. The molecule has 19 heavy (non-hydrogen) atoms. The van der Waals surface area contributed by atoms with E-state index in [4.69, 9.17) is 1.37 Å². The van der Waals surface area contributed by atoms with Crippen molar-refractivity contribution in [1.82, 2.24) is 0 Å². The van der Waals surface area contributed by atoms with Crippen LogP contribution < -0.4 is 0 Å². The molecule has 0 amide bonds. The largest absolute Gasteiger partial charge is 0.507 e. The number of benzene rings is 1. The van der Waals surface area contributed by atoms with Crippen LogP contribution in [0.25, 0.3) is 0 Å². The normalized spacial score (nSPS) is 14.5. The first-order valence-corrected chi connectivity index (χ1v) is 7.05. The molecule has 0 atom stereocenters. The van der Waals surface area contributed by atoms with E-state index in [-0.39, 0.29) is 16.2 Å². The number of aromatic hydroxyl groups is 1. The van der Waals surface area contributed by atoms with Gasteiger partial charge in [-0.15, -0.1) is 0 Å². The van der Waals surface area contributed by atoms with Crippen molar-refractivity contribution in [2.75, 3.05) is 0 Å². The smallest absolute Gasteiger partial charge is 0.123 e. The zero-order valence-corrected chi connectivity index (χ0v) is 14.0. The number of rotatable bonds is 0. The molecule has 0 heterocycles. The van der Waals surface area contributed by atoms with Gasteiger partial charge in [0.15, 0.2) is 0 Å². The Morgan fingerprint density at radius 2 is 1.21 bits per heavy atom. The second-order valence-electron chi connectivity index (χ2n) is 8.57. The van der Waals surface area contributed by atoms with Crippen LogP contribution >= 0.6 is 0 Å². The third-order valence-electron chi connectivity index (χ3n) is 3.41. The zero-order valence-electron chi connectivity index (χ0n) is 15.0. The van der Waals surface area contributed by atoms with Crippen molar-refractivity contribution in [2.24, 2.45) is 0 Å². The van der Waals surface area contributed by atoms with Crippen LogP contribution in [0.5, 0.6) is 5.75 Å². The highest BCUT2D eigenvalue weighted by atomic mass is 16.3. The molecule has 0 saturated heterocycles. The molecule has 0 aliphatic rings. The molecular formula is C18H30O. The molecule has 0 unspecified atom stereocenters. The lowest BCUT2D eigenvalue weighted by molar-refractivity contribution is 0.421. The predicted octanol–water partition coefficient (Wildman–Crippen LogP) is 5.28. The quantitative estimate of drug-likeness (QED) is 0.674. The van der Waals surface area contributed by atoms with E-state index in [1.165, 1.54) is 0 Å². The van der Waals surface area contributed by atoms with Crippen molar-refractivity contribution < 1.29 is 6.48 Å². The molecule has 1 aromatic carbocycles. The van der Waals surface area contributed by atoms with Gasteiger partial charge in [-0.05, 0) is 32.9 Å². The first-order chi connectivity index (χ1) is 8.67. The van der Waals surface area contributed by atoms with E-state index < -0.39 is 0 Å². The number of hydrogen-bond acceptors (Lipinski definition) is 1. The Bertz CT molecular complexity index is 470. The van der Waals surface area contributed by atoms with Gasteiger partial charge < -0.3 is 5.11 Å². The molecule has 0 saturated carbocycles. The summed E-state index contributed by atoms with van der Waals surface area (Å²) in [6.07, 6.45) is 0. The van der Waals surface area contributed by atoms with Crippen LogP contribution in [0, 0.1) is 0 Å². The van der Waals surface area contributed by atoms with E-state index in [2.05, 4.69) is 62.3 Å². The molecule has 0 fully saturated rings. The fraction of sp³-hybridized carbons (Fsp3) is 0.667. The molecule has 0 radical (unpaired) electrons. The Morgan fingerprint density at radius 3 is 1.53 bits per heavy atom. The molecular weight excluding hydrogens is 232 g/mol. The summed E-state index contributed by atoms with van der Waals surface area (Å²) in [5, 5.41) is 10.7. The van der Waals surface area contributed by atoms with E-state index >= 15 is 0 Å². The van der Waals surface area contributed by atoms with Gasteiger partial charge in [0, 0.05) is 0 Å². The third-order valence-corrected chi connectivity index (χ3v) is 3.41. The van der Waals surface area contributed by atoms with Crippen molar-refractivity contribution in [3.63, 3.8) is 0 Å². The molecule has 1 nitrogen and oxygen atoms in total. The van der Waals surface area contributed by atoms with Crippen LogP contribution in [0.4, 0.5) is 0 Å². The van der Waals surface area contributed by atoms with Gasteiger partial charge in [-0.1, -0.05) is 74.4 Å². The van der Waals surface area contributed by atoms with Crippen LogP contribution in [-0.2, 0) is 16.2 Å². The van der Waals surface area contributed by atoms with E-state index in [1.807, 2.05) is 6.07 Å². The maximum Gasteiger partial charge on any atom is 0.123 e. The lowest BCUT2D eigenvalue weighted by Gasteiger charge is -2.31. The standard InChI is InChI=1S/C18H30O/c1-16(2,3)12-10-13(17(4,5)6)15(19)14(11-12)18(7,8)9/h10-11,19H,1-9H3/i10D. The van der Waals surface area contributed by atoms with Gasteiger partial charge in [0.25, 0.3) is 0 Å².